The zero-order valence-electron chi connectivity index (χ0n) is 9.05. The minimum Gasteiger partial charge on any atom is -0.495 e. The molecule has 2 N–H and O–H groups in total. The highest BCUT2D eigenvalue weighted by atomic mass is 16.5. The number of nitrogens with two attached hydrogens (primary N) is 1. The van der Waals surface area contributed by atoms with Gasteiger partial charge in [0.1, 0.15) is 5.75 Å². The van der Waals surface area contributed by atoms with Crippen molar-refractivity contribution in [1.29, 1.82) is 0 Å². The number of anilines is 1. The minimum atomic E-state index is 0.715. The fourth-order valence-corrected chi connectivity index (χ4v) is 1.49. The largest absolute Gasteiger partial charge is 0.495 e. The van der Waals surface area contributed by atoms with Crippen LogP contribution < -0.4 is 10.5 Å². The fraction of sp³-hybridized carbons (Fsp3) is 0.500. The van der Waals surface area contributed by atoms with Crippen LogP contribution >= 0.6 is 0 Å². The molecule has 0 spiro atoms. The van der Waals surface area contributed by atoms with Gasteiger partial charge < -0.3 is 10.5 Å². The zero-order valence-corrected chi connectivity index (χ0v) is 9.05. The van der Waals surface area contributed by atoms with E-state index in [4.69, 9.17) is 10.5 Å². The third-order valence-corrected chi connectivity index (χ3v) is 2.37. The average Bonchev–Trinajstić information content (AvgIpc) is 2.21. The summed E-state index contributed by atoms with van der Waals surface area (Å²) in [5.74, 6) is 0.791. The number of methoxy groups -OCH3 is 1. The number of ether oxygens (including phenoxy) is 1. The molecule has 0 radical (unpaired) electrons. The summed E-state index contributed by atoms with van der Waals surface area (Å²) in [7, 11) is 1.65. The summed E-state index contributed by atoms with van der Waals surface area (Å²) < 4.78 is 5.17. The Hall–Kier alpha value is -1.18. The predicted octanol–water partition coefficient (Wildman–Crippen LogP) is 3.01. The average molecular weight is 193 g/mol. The van der Waals surface area contributed by atoms with E-state index in [2.05, 4.69) is 13.0 Å². The molecule has 0 fully saturated rings. The lowest BCUT2D eigenvalue weighted by molar-refractivity contribution is 0.416. The molecule has 14 heavy (non-hydrogen) atoms. The molecule has 78 valence electrons. The van der Waals surface area contributed by atoms with Gasteiger partial charge in [0.2, 0.25) is 0 Å². The topological polar surface area (TPSA) is 35.2 Å². The van der Waals surface area contributed by atoms with E-state index in [1.807, 2.05) is 12.1 Å². The van der Waals surface area contributed by atoms with Crippen molar-refractivity contribution in [3.63, 3.8) is 0 Å². The summed E-state index contributed by atoms with van der Waals surface area (Å²) >= 11 is 0. The molecule has 0 atom stereocenters. The van der Waals surface area contributed by atoms with Gasteiger partial charge in [-0.3, -0.25) is 0 Å². The van der Waals surface area contributed by atoms with Crippen LogP contribution in [-0.4, -0.2) is 7.11 Å². The quantitative estimate of drug-likeness (QED) is 0.576. The molecule has 0 aliphatic rings. The lowest BCUT2D eigenvalue weighted by atomic mass is 10.1. The highest BCUT2D eigenvalue weighted by Gasteiger charge is 2.00. The summed E-state index contributed by atoms with van der Waals surface area (Å²) in [6.07, 6.45) is 4.90. The molecule has 0 saturated carbocycles. The van der Waals surface area contributed by atoms with Gasteiger partial charge in [-0.2, -0.15) is 0 Å². The van der Waals surface area contributed by atoms with Crippen LogP contribution in [0.4, 0.5) is 5.69 Å². The van der Waals surface area contributed by atoms with Crippen molar-refractivity contribution >= 4 is 5.69 Å². The van der Waals surface area contributed by atoms with Crippen molar-refractivity contribution in [2.45, 2.75) is 32.6 Å². The molecule has 1 rings (SSSR count). The third-order valence-electron chi connectivity index (χ3n) is 2.37. The van der Waals surface area contributed by atoms with Gasteiger partial charge in [0.05, 0.1) is 12.8 Å². The molecule has 0 bridgehead atoms. The molecule has 0 heterocycles. The summed E-state index contributed by atoms with van der Waals surface area (Å²) in [5.41, 5.74) is 7.75. The number of benzene rings is 1. The van der Waals surface area contributed by atoms with Crippen LogP contribution in [0.5, 0.6) is 5.75 Å². The normalized spacial score (nSPS) is 10.1. The maximum absolute atomic E-state index is 5.73. The van der Waals surface area contributed by atoms with Crippen molar-refractivity contribution < 1.29 is 4.74 Å². The smallest absolute Gasteiger partial charge is 0.142 e. The molecule has 0 aliphatic carbocycles. The SMILES string of the molecule is CCCCCc1ccc(N)c(OC)c1. The van der Waals surface area contributed by atoms with Gasteiger partial charge in [0.15, 0.2) is 0 Å². The van der Waals surface area contributed by atoms with Crippen LogP contribution in [0, 0.1) is 0 Å². The molecule has 0 aliphatic heterocycles. The molecule has 2 nitrogen and oxygen atoms in total. The van der Waals surface area contributed by atoms with E-state index in [9.17, 15) is 0 Å². The van der Waals surface area contributed by atoms with Crippen molar-refractivity contribution in [1.82, 2.24) is 0 Å². The fourth-order valence-electron chi connectivity index (χ4n) is 1.49. The number of aryl methyl sites for hydroxylation is 1. The molecule has 0 aromatic heterocycles. The van der Waals surface area contributed by atoms with Crippen molar-refractivity contribution in [2.24, 2.45) is 0 Å². The van der Waals surface area contributed by atoms with E-state index >= 15 is 0 Å². The Labute approximate surface area is 86.1 Å². The van der Waals surface area contributed by atoms with Gasteiger partial charge in [0.25, 0.3) is 0 Å². The Balaban J connectivity index is 2.60. The number of hydrogen-bond donors (Lipinski definition) is 1. The van der Waals surface area contributed by atoms with Gasteiger partial charge in [0, 0.05) is 0 Å². The second kappa shape index (κ2) is 5.53. The molecule has 1 aromatic carbocycles. The first-order valence-corrected chi connectivity index (χ1v) is 5.20. The Kier molecular flexibility index (Phi) is 4.30. The van der Waals surface area contributed by atoms with Gasteiger partial charge in [-0.1, -0.05) is 25.8 Å². The summed E-state index contributed by atoms with van der Waals surface area (Å²) in [6, 6.07) is 6.03. The van der Waals surface area contributed by atoms with E-state index in [0.29, 0.717) is 5.69 Å². The first-order chi connectivity index (χ1) is 6.77. The third kappa shape index (κ3) is 2.95. The first-order valence-electron chi connectivity index (χ1n) is 5.20. The second-order valence-electron chi connectivity index (χ2n) is 3.53. The lowest BCUT2D eigenvalue weighted by Crippen LogP contribution is -1.94. The molecular formula is C12H19NO. The lowest BCUT2D eigenvalue weighted by Gasteiger charge is -2.07. The van der Waals surface area contributed by atoms with Gasteiger partial charge >= 0.3 is 0 Å². The van der Waals surface area contributed by atoms with Crippen LogP contribution in [0.25, 0.3) is 0 Å². The van der Waals surface area contributed by atoms with Crippen LogP contribution in [0.1, 0.15) is 31.7 Å². The van der Waals surface area contributed by atoms with Crippen molar-refractivity contribution in [3.8, 4) is 5.75 Å². The number of hydrogen-bond acceptors (Lipinski definition) is 2. The monoisotopic (exact) mass is 193 g/mol. The minimum absolute atomic E-state index is 0.715. The highest BCUT2D eigenvalue weighted by molar-refractivity contribution is 5.53. The Morgan fingerprint density at radius 3 is 2.71 bits per heavy atom. The Morgan fingerprint density at radius 1 is 1.29 bits per heavy atom. The van der Waals surface area contributed by atoms with E-state index in [-0.39, 0.29) is 0 Å². The number of nitrogen functional groups attached to an aromatic ring is 1. The van der Waals surface area contributed by atoms with Crippen LogP contribution in [0.3, 0.4) is 0 Å². The van der Waals surface area contributed by atoms with Gasteiger partial charge in [-0.25, -0.2) is 0 Å². The van der Waals surface area contributed by atoms with E-state index < -0.39 is 0 Å². The number of unbranched alkanes of at least 4 members (excludes halogenated alkanes) is 2. The molecular weight excluding hydrogens is 174 g/mol. The van der Waals surface area contributed by atoms with Crippen molar-refractivity contribution in [2.75, 3.05) is 12.8 Å². The maximum Gasteiger partial charge on any atom is 0.142 e. The molecule has 0 saturated heterocycles. The van der Waals surface area contributed by atoms with E-state index in [0.717, 1.165) is 12.2 Å². The van der Waals surface area contributed by atoms with Crippen molar-refractivity contribution in [3.05, 3.63) is 23.8 Å². The van der Waals surface area contributed by atoms with Gasteiger partial charge in [-0.05, 0) is 30.5 Å². The Morgan fingerprint density at radius 2 is 2.07 bits per heavy atom. The standard InChI is InChI=1S/C12H19NO/c1-3-4-5-6-10-7-8-11(13)12(9-10)14-2/h7-9H,3-6,13H2,1-2H3. The zero-order chi connectivity index (χ0) is 10.4. The van der Waals surface area contributed by atoms with Gasteiger partial charge in [-0.15, -0.1) is 0 Å². The summed E-state index contributed by atoms with van der Waals surface area (Å²) in [4.78, 5) is 0. The molecule has 0 amide bonds. The maximum atomic E-state index is 5.73. The summed E-state index contributed by atoms with van der Waals surface area (Å²) in [6.45, 7) is 2.21. The highest BCUT2D eigenvalue weighted by Crippen LogP contribution is 2.23. The Bertz CT molecular complexity index is 284. The van der Waals surface area contributed by atoms with E-state index in [1.54, 1.807) is 7.11 Å². The van der Waals surface area contributed by atoms with Crippen LogP contribution in [-0.2, 0) is 6.42 Å². The molecule has 2 heteroatoms. The first kappa shape index (κ1) is 10.9. The molecule has 0 unspecified atom stereocenters. The predicted molar refractivity (Wildman–Crippen MR) is 60.6 cm³/mol. The van der Waals surface area contributed by atoms with Crippen LogP contribution in [0.2, 0.25) is 0 Å². The second-order valence-corrected chi connectivity index (χ2v) is 3.53. The van der Waals surface area contributed by atoms with Crippen LogP contribution in [0.15, 0.2) is 18.2 Å². The summed E-state index contributed by atoms with van der Waals surface area (Å²) in [5, 5.41) is 0. The number of rotatable bonds is 5. The van der Waals surface area contributed by atoms with E-state index in [1.165, 1.54) is 24.8 Å². The molecule has 1 aromatic rings.